The Morgan fingerprint density at radius 1 is 1.64 bits per heavy atom. The highest BCUT2D eigenvalue weighted by Gasteiger charge is 2.64. The van der Waals surface area contributed by atoms with Crippen LogP contribution in [-0.4, -0.2) is 9.78 Å². The van der Waals surface area contributed by atoms with Crippen LogP contribution >= 0.6 is 0 Å². The van der Waals surface area contributed by atoms with Crippen molar-refractivity contribution in [3.8, 4) is 0 Å². The molecule has 2 aliphatic carbocycles. The van der Waals surface area contributed by atoms with Gasteiger partial charge in [0.1, 0.15) is 0 Å². The standard InChI is InChI=1S/C11H17N3/c1-7-6-13-14(2)10(7)9(12)8-5-11(8)3-4-11/h6,8-9H,3-5,12H2,1-2H3. The lowest BCUT2D eigenvalue weighted by Gasteiger charge is -2.13. The third-order valence-electron chi connectivity index (χ3n) is 4.07. The number of hydrogen-bond acceptors (Lipinski definition) is 2. The van der Waals surface area contributed by atoms with Gasteiger partial charge in [-0.1, -0.05) is 0 Å². The van der Waals surface area contributed by atoms with Gasteiger partial charge in [-0.15, -0.1) is 0 Å². The van der Waals surface area contributed by atoms with E-state index >= 15 is 0 Å². The highest BCUT2D eigenvalue weighted by atomic mass is 15.3. The van der Waals surface area contributed by atoms with Crippen LogP contribution in [0.15, 0.2) is 6.20 Å². The van der Waals surface area contributed by atoms with Crippen LogP contribution in [-0.2, 0) is 7.05 Å². The van der Waals surface area contributed by atoms with E-state index in [1.165, 1.54) is 30.5 Å². The Balaban J connectivity index is 1.88. The van der Waals surface area contributed by atoms with Crippen molar-refractivity contribution in [3.05, 3.63) is 17.5 Å². The van der Waals surface area contributed by atoms with E-state index in [-0.39, 0.29) is 6.04 Å². The molecule has 2 unspecified atom stereocenters. The van der Waals surface area contributed by atoms with Crippen LogP contribution < -0.4 is 5.73 Å². The summed E-state index contributed by atoms with van der Waals surface area (Å²) in [5, 5.41) is 4.25. The highest BCUT2D eigenvalue weighted by Crippen LogP contribution is 2.73. The molecule has 76 valence electrons. The van der Waals surface area contributed by atoms with E-state index in [1.807, 2.05) is 17.9 Å². The Labute approximate surface area is 84.3 Å². The minimum Gasteiger partial charge on any atom is -0.322 e. The molecule has 1 spiro atoms. The summed E-state index contributed by atoms with van der Waals surface area (Å²) in [6.07, 6.45) is 6.07. The summed E-state index contributed by atoms with van der Waals surface area (Å²) in [6.45, 7) is 2.10. The van der Waals surface area contributed by atoms with Gasteiger partial charge in [0.25, 0.3) is 0 Å². The third-order valence-corrected chi connectivity index (χ3v) is 4.07. The first kappa shape index (κ1) is 8.48. The first-order valence-electron chi connectivity index (χ1n) is 5.38. The first-order valence-corrected chi connectivity index (χ1v) is 5.38. The van der Waals surface area contributed by atoms with Gasteiger partial charge >= 0.3 is 0 Å². The molecule has 0 saturated heterocycles. The predicted octanol–water partition coefficient (Wildman–Crippen LogP) is 1.53. The van der Waals surface area contributed by atoms with Crippen LogP contribution in [0.2, 0.25) is 0 Å². The van der Waals surface area contributed by atoms with Gasteiger partial charge in [-0.05, 0) is 43.1 Å². The normalized spacial score (nSPS) is 29.2. The maximum atomic E-state index is 6.30. The molecule has 3 nitrogen and oxygen atoms in total. The zero-order chi connectivity index (χ0) is 9.92. The molecule has 2 aliphatic rings. The molecule has 2 saturated carbocycles. The molecular formula is C11H17N3. The SMILES string of the molecule is Cc1cnn(C)c1C(N)C1CC12CC2. The Bertz CT molecular complexity index is 356. The van der Waals surface area contributed by atoms with Crippen molar-refractivity contribution < 1.29 is 0 Å². The third kappa shape index (κ3) is 0.989. The zero-order valence-corrected chi connectivity index (χ0v) is 8.83. The van der Waals surface area contributed by atoms with Crippen LogP contribution in [0.25, 0.3) is 0 Å². The van der Waals surface area contributed by atoms with Crippen molar-refractivity contribution >= 4 is 0 Å². The second-order valence-electron chi connectivity index (χ2n) is 5.04. The van der Waals surface area contributed by atoms with Crippen molar-refractivity contribution in [2.75, 3.05) is 0 Å². The summed E-state index contributed by atoms with van der Waals surface area (Å²) >= 11 is 0. The summed E-state index contributed by atoms with van der Waals surface area (Å²) in [5.74, 6) is 0.733. The number of aryl methyl sites for hydroxylation is 2. The molecular weight excluding hydrogens is 174 g/mol. The molecule has 3 heteroatoms. The van der Waals surface area contributed by atoms with E-state index in [9.17, 15) is 0 Å². The minimum absolute atomic E-state index is 0.213. The van der Waals surface area contributed by atoms with E-state index in [1.54, 1.807) is 0 Å². The molecule has 0 amide bonds. The molecule has 0 radical (unpaired) electrons. The molecule has 2 fully saturated rings. The van der Waals surface area contributed by atoms with Gasteiger partial charge in [0.15, 0.2) is 0 Å². The zero-order valence-electron chi connectivity index (χ0n) is 8.83. The van der Waals surface area contributed by atoms with Crippen LogP contribution in [0.3, 0.4) is 0 Å². The number of nitrogens with two attached hydrogens (primary N) is 1. The van der Waals surface area contributed by atoms with E-state index in [4.69, 9.17) is 5.73 Å². The topological polar surface area (TPSA) is 43.8 Å². The van der Waals surface area contributed by atoms with Crippen molar-refractivity contribution in [2.24, 2.45) is 24.1 Å². The summed E-state index contributed by atoms with van der Waals surface area (Å²) in [6, 6.07) is 0.213. The molecule has 1 aromatic heterocycles. The monoisotopic (exact) mass is 191 g/mol. The van der Waals surface area contributed by atoms with Gasteiger partial charge < -0.3 is 5.73 Å². The lowest BCUT2D eigenvalue weighted by atomic mass is 10.0. The molecule has 0 bridgehead atoms. The molecule has 3 rings (SSSR count). The Morgan fingerprint density at radius 3 is 2.79 bits per heavy atom. The number of hydrogen-bond donors (Lipinski definition) is 1. The van der Waals surface area contributed by atoms with Crippen molar-refractivity contribution in [3.63, 3.8) is 0 Å². The Morgan fingerprint density at radius 2 is 2.36 bits per heavy atom. The molecule has 1 aromatic rings. The van der Waals surface area contributed by atoms with E-state index in [2.05, 4.69) is 12.0 Å². The summed E-state index contributed by atoms with van der Waals surface area (Å²) in [5.41, 5.74) is 9.45. The average molecular weight is 191 g/mol. The second-order valence-corrected chi connectivity index (χ2v) is 5.04. The van der Waals surface area contributed by atoms with Crippen LogP contribution in [0, 0.1) is 18.3 Å². The van der Waals surface area contributed by atoms with Crippen molar-refractivity contribution in [1.82, 2.24) is 9.78 Å². The fourth-order valence-corrected chi connectivity index (χ4v) is 2.85. The maximum absolute atomic E-state index is 6.30. The number of aromatic nitrogens is 2. The van der Waals surface area contributed by atoms with Gasteiger partial charge in [0.05, 0.1) is 17.9 Å². The molecule has 2 atom stereocenters. The van der Waals surface area contributed by atoms with Crippen molar-refractivity contribution in [1.29, 1.82) is 0 Å². The molecule has 0 aliphatic heterocycles. The lowest BCUT2D eigenvalue weighted by molar-refractivity contribution is 0.524. The van der Waals surface area contributed by atoms with Gasteiger partial charge in [-0.2, -0.15) is 5.10 Å². The van der Waals surface area contributed by atoms with Crippen LogP contribution in [0.4, 0.5) is 0 Å². The van der Waals surface area contributed by atoms with Gasteiger partial charge in [0, 0.05) is 7.05 Å². The van der Waals surface area contributed by atoms with Crippen LogP contribution in [0.1, 0.15) is 36.6 Å². The maximum Gasteiger partial charge on any atom is 0.0580 e. The second kappa shape index (κ2) is 2.40. The quantitative estimate of drug-likeness (QED) is 0.770. The lowest BCUT2D eigenvalue weighted by Crippen LogP contribution is -2.18. The smallest absolute Gasteiger partial charge is 0.0580 e. The van der Waals surface area contributed by atoms with Crippen LogP contribution in [0.5, 0.6) is 0 Å². The predicted molar refractivity (Wildman–Crippen MR) is 54.6 cm³/mol. The summed E-state index contributed by atoms with van der Waals surface area (Å²) in [4.78, 5) is 0. The molecule has 0 aromatic carbocycles. The first-order chi connectivity index (χ1) is 6.64. The Kier molecular flexibility index (Phi) is 1.45. The largest absolute Gasteiger partial charge is 0.322 e. The molecule has 2 N–H and O–H groups in total. The van der Waals surface area contributed by atoms with Gasteiger partial charge in [0.2, 0.25) is 0 Å². The van der Waals surface area contributed by atoms with E-state index in [0.717, 1.165) is 5.92 Å². The molecule has 14 heavy (non-hydrogen) atoms. The van der Waals surface area contributed by atoms with E-state index in [0.29, 0.717) is 5.41 Å². The average Bonchev–Trinajstić information content (AvgIpc) is 3.03. The minimum atomic E-state index is 0.213. The highest BCUT2D eigenvalue weighted by molar-refractivity contribution is 5.26. The fourth-order valence-electron chi connectivity index (χ4n) is 2.85. The van der Waals surface area contributed by atoms with Crippen molar-refractivity contribution in [2.45, 2.75) is 32.2 Å². The van der Waals surface area contributed by atoms with Gasteiger partial charge in [-0.25, -0.2) is 0 Å². The summed E-state index contributed by atoms with van der Waals surface area (Å²) in [7, 11) is 1.99. The number of nitrogens with zero attached hydrogens (tertiary/aromatic N) is 2. The fraction of sp³-hybridized carbons (Fsp3) is 0.727. The molecule has 1 heterocycles. The van der Waals surface area contributed by atoms with Gasteiger partial charge in [-0.3, -0.25) is 4.68 Å². The Hall–Kier alpha value is -0.830. The number of rotatable bonds is 2. The summed E-state index contributed by atoms with van der Waals surface area (Å²) < 4.78 is 1.94. The van der Waals surface area contributed by atoms with E-state index < -0.39 is 0 Å².